The molecule has 1 aromatic carbocycles. The lowest BCUT2D eigenvalue weighted by atomic mass is 9.90. The number of likely N-dealkylation sites (tertiary alicyclic amines) is 1. The molecule has 1 unspecified atom stereocenters. The molecule has 1 fully saturated rings. The molecule has 21 heavy (non-hydrogen) atoms. The van der Waals surface area contributed by atoms with E-state index in [2.05, 4.69) is 4.74 Å². The van der Waals surface area contributed by atoms with Crippen LogP contribution in [0.1, 0.15) is 18.9 Å². The second-order valence-corrected chi connectivity index (χ2v) is 5.74. The topological polar surface area (TPSA) is 55.6 Å². The van der Waals surface area contributed by atoms with Gasteiger partial charge in [0.05, 0.1) is 6.42 Å². The second kappa shape index (κ2) is 6.39. The number of benzene rings is 1. The van der Waals surface area contributed by atoms with E-state index >= 15 is 0 Å². The van der Waals surface area contributed by atoms with E-state index < -0.39 is 6.61 Å². The summed E-state index contributed by atoms with van der Waals surface area (Å²) < 4.78 is 29.2. The molecule has 0 aliphatic carbocycles. The Balaban J connectivity index is 2.04. The average molecular weight is 298 g/mol. The highest BCUT2D eigenvalue weighted by molar-refractivity contribution is 5.79. The number of amides is 1. The van der Waals surface area contributed by atoms with E-state index in [4.69, 9.17) is 5.73 Å². The lowest BCUT2D eigenvalue weighted by Crippen LogP contribution is -2.35. The molecule has 2 N–H and O–H groups in total. The zero-order chi connectivity index (χ0) is 15.5. The Bertz CT molecular complexity index is 510. The molecule has 0 radical (unpaired) electrons. The summed E-state index contributed by atoms with van der Waals surface area (Å²) in [4.78, 5) is 14.0. The van der Waals surface area contributed by atoms with E-state index in [1.165, 1.54) is 6.07 Å². The van der Waals surface area contributed by atoms with E-state index in [1.807, 2.05) is 6.92 Å². The lowest BCUT2D eigenvalue weighted by molar-refractivity contribution is -0.129. The molecule has 1 amide bonds. The number of halogens is 2. The molecule has 1 aliphatic heterocycles. The normalized spacial score (nSPS) is 21.9. The number of nitrogens with zero attached hydrogens (tertiary/aromatic N) is 1. The van der Waals surface area contributed by atoms with Gasteiger partial charge in [-0.25, -0.2) is 0 Å². The van der Waals surface area contributed by atoms with Gasteiger partial charge in [-0.15, -0.1) is 0 Å². The minimum atomic E-state index is -2.89. The van der Waals surface area contributed by atoms with Crippen molar-refractivity contribution in [2.45, 2.75) is 26.4 Å². The SMILES string of the molecule is CC1(CN)CCN(C(=O)Cc2ccccc2OC(F)F)C1. The minimum Gasteiger partial charge on any atom is -0.435 e. The van der Waals surface area contributed by atoms with Gasteiger partial charge in [0.15, 0.2) is 0 Å². The van der Waals surface area contributed by atoms with Gasteiger partial charge in [-0.2, -0.15) is 8.78 Å². The maximum absolute atomic E-state index is 12.4. The molecule has 2 rings (SSSR count). The van der Waals surface area contributed by atoms with Crippen molar-refractivity contribution in [2.75, 3.05) is 19.6 Å². The number of rotatable bonds is 5. The minimum absolute atomic E-state index is 0.0470. The van der Waals surface area contributed by atoms with Crippen molar-refractivity contribution in [2.24, 2.45) is 11.1 Å². The first-order valence-corrected chi connectivity index (χ1v) is 6.94. The Labute approximate surface area is 122 Å². The van der Waals surface area contributed by atoms with Gasteiger partial charge < -0.3 is 15.4 Å². The third-order valence-corrected chi connectivity index (χ3v) is 3.93. The number of carbonyl (C=O) groups is 1. The maximum Gasteiger partial charge on any atom is 0.387 e. The average Bonchev–Trinajstić information content (AvgIpc) is 2.84. The van der Waals surface area contributed by atoms with Crippen LogP contribution in [-0.2, 0) is 11.2 Å². The van der Waals surface area contributed by atoms with Crippen LogP contribution in [-0.4, -0.2) is 37.1 Å². The first kappa shape index (κ1) is 15.7. The van der Waals surface area contributed by atoms with E-state index in [1.54, 1.807) is 23.1 Å². The van der Waals surface area contributed by atoms with Crippen LogP contribution in [0.2, 0.25) is 0 Å². The summed E-state index contributed by atoms with van der Waals surface area (Å²) in [5.41, 5.74) is 6.15. The molecule has 0 spiro atoms. The highest BCUT2D eigenvalue weighted by Gasteiger charge is 2.34. The number of para-hydroxylation sites is 1. The van der Waals surface area contributed by atoms with Crippen LogP contribution in [0.3, 0.4) is 0 Å². The van der Waals surface area contributed by atoms with Crippen molar-refractivity contribution in [3.8, 4) is 5.75 Å². The summed E-state index contributed by atoms with van der Waals surface area (Å²) in [5.74, 6) is -0.0286. The van der Waals surface area contributed by atoms with Crippen molar-refractivity contribution in [1.82, 2.24) is 4.90 Å². The van der Waals surface area contributed by atoms with E-state index in [0.717, 1.165) is 6.42 Å². The highest BCUT2D eigenvalue weighted by Crippen LogP contribution is 2.29. The van der Waals surface area contributed by atoms with Crippen LogP contribution in [0.25, 0.3) is 0 Å². The maximum atomic E-state index is 12.4. The summed E-state index contributed by atoms with van der Waals surface area (Å²) in [6.45, 7) is 0.953. The van der Waals surface area contributed by atoms with Gasteiger partial charge in [-0.1, -0.05) is 25.1 Å². The fourth-order valence-corrected chi connectivity index (χ4v) is 2.54. The molecule has 0 saturated carbocycles. The summed E-state index contributed by atoms with van der Waals surface area (Å²) in [7, 11) is 0. The van der Waals surface area contributed by atoms with Crippen molar-refractivity contribution in [3.63, 3.8) is 0 Å². The molecule has 116 valence electrons. The highest BCUT2D eigenvalue weighted by atomic mass is 19.3. The van der Waals surface area contributed by atoms with Crippen LogP contribution in [0.15, 0.2) is 24.3 Å². The molecular weight excluding hydrogens is 278 g/mol. The fourth-order valence-electron chi connectivity index (χ4n) is 2.54. The largest absolute Gasteiger partial charge is 0.435 e. The number of alkyl halides is 2. The zero-order valence-corrected chi connectivity index (χ0v) is 12.0. The molecule has 0 aromatic heterocycles. The molecule has 1 aromatic rings. The molecule has 6 heteroatoms. The monoisotopic (exact) mass is 298 g/mol. The Kier molecular flexibility index (Phi) is 4.77. The standard InChI is InChI=1S/C15H20F2N2O2/c1-15(9-18)6-7-19(10-15)13(20)8-11-4-2-3-5-12(11)21-14(16)17/h2-5,14H,6-10,18H2,1H3. The Morgan fingerprint density at radius 2 is 2.19 bits per heavy atom. The predicted molar refractivity (Wildman–Crippen MR) is 75.1 cm³/mol. The van der Waals surface area contributed by atoms with Gasteiger partial charge in [-0.3, -0.25) is 4.79 Å². The van der Waals surface area contributed by atoms with Crippen LogP contribution in [0.4, 0.5) is 8.78 Å². The summed E-state index contributed by atoms with van der Waals surface area (Å²) in [6, 6.07) is 6.39. The Hall–Kier alpha value is -1.69. The van der Waals surface area contributed by atoms with E-state index in [0.29, 0.717) is 25.2 Å². The number of hydrogen-bond acceptors (Lipinski definition) is 3. The number of ether oxygens (including phenoxy) is 1. The predicted octanol–water partition coefficient (Wildman–Crippen LogP) is 2.03. The van der Waals surface area contributed by atoms with Crippen LogP contribution < -0.4 is 10.5 Å². The van der Waals surface area contributed by atoms with Crippen molar-refractivity contribution >= 4 is 5.91 Å². The lowest BCUT2D eigenvalue weighted by Gasteiger charge is -2.22. The van der Waals surface area contributed by atoms with Gasteiger partial charge >= 0.3 is 6.61 Å². The first-order valence-electron chi connectivity index (χ1n) is 6.94. The molecule has 1 atom stereocenters. The number of hydrogen-bond donors (Lipinski definition) is 1. The zero-order valence-electron chi connectivity index (χ0n) is 12.0. The van der Waals surface area contributed by atoms with E-state index in [-0.39, 0.29) is 23.5 Å². The van der Waals surface area contributed by atoms with Gasteiger partial charge in [0, 0.05) is 18.7 Å². The molecule has 1 heterocycles. The first-order chi connectivity index (χ1) is 9.93. The van der Waals surface area contributed by atoms with Gasteiger partial charge in [-0.05, 0) is 24.4 Å². The number of carbonyl (C=O) groups excluding carboxylic acids is 1. The van der Waals surface area contributed by atoms with Gasteiger partial charge in [0.25, 0.3) is 0 Å². The van der Waals surface area contributed by atoms with Gasteiger partial charge in [0.2, 0.25) is 5.91 Å². The molecular formula is C15H20F2N2O2. The Morgan fingerprint density at radius 3 is 2.81 bits per heavy atom. The molecule has 0 bridgehead atoms. The van der Waals surface area contributed by atoms with Crippen LogP contribution in [0, 0.1) is 5.41 Å². The van der Waals surface area contributed by atoms with Crippen LogP contribution >= 0.6 is 0 Å². The smallest absolute Gasteiger partial charge is 0.387 e. The third-order valence-electron chi connectivity index (χ3n) is 3.93. The molecule has 4 nitrogen and oxygen atoms in total. The summed E-state index contributed by atoms with van der Waals surface area (Å²) in [5, 5.41) is 0. The van der Waals surface area contributed by atoms with E-state index in [9.17, 15) is 13.6 Å². The van der Waals surface area contributed by atoms with Crippen molar-refractivity contribution in [3.05, 3.63) is 29.8 Å². The fraction of sp³-hybridized carbons (Fsp3) is 0.533. The van der Waals surface area contributed by atoms with Crippen LogP contribution in [0.5, 0.6) is 5.75 Å². The molecule has 1 aliphatic rings. The quantitative estimate of drug-likeness (QED) is 0.905. The summed E-state index contributed by atoms with van der Waals surface area (Å²) >= 11 is 0. The Morgan fingerprint density at radius 1 is 1.48 bits per heavy atom. The molecule has 1 saturated heterocycles. The second-order valence-electron chi connectivity index (χ2n) is 5.74. The van der Waals surface area contributed by atoms with Crippen molar-refractivity contribution < 1.29 is 18.3 Å². The number of nitrogens with two attached hydrogens (primary N) is 1. The third kappa shape index (κ3) is 3.91. The van der Waals surface area contributed by atoms with Crippen molar-refractivity contribution in [1.29, 1.82) is 0 Å². The summed E-state index contributed by atoms with van der Waals surface area (Å²) in [6.07, 6.45) is 0.925. The van der Waals surface area contributed by atoms with Gasteiger partial charge in [0.1, 0.15) is 5.75 Å².